The van der Waals surface area contributed by atoms with Crippen molar-refractivity contribution < 1.29 is 23.5 Å². The minimum Gasteiger partial charge on any atom is -0.548 e. The Hall–Kier alpha value is -3.09. The van der Waals surface area contributed by atoms with Crippen molar-refractivity contribution in [1.29, 1.82) is 0 Å². The molecule has 1 aliphatic rings. The lowest BCUT2D eigenvalue weighted by molar-refractivity contribution is -0.308. The molecule has 0 bridgehead atoms. The van der Waals surface area contributed by atoms with Gasteiger partial charge in [-0.25, -0.2) is 4.79 Å². The van der Waals surface area contributed by atoms with Crippen LogP contribution in [-0.4, -0.2) is 17.9 Å². The van der Waals surface area contributed by atoms with Crippen LogP contribution < -0.4 is 16.0 Å². The number of amides is 1. The summed E-state index contributed by atoms with van der Waals surface area (Å²) in [4.78, 5) is 36.7. The third-order valence-corrected chi connectivity index (χ3v) is 6.53. The van der Waals surface area contributed by atoms with Gasteiger partial charge in [-0.15, -0.1) is 0 Å². The van der Waals surface area contributed by atoms with Gasteiger partial charge in [-0.1, -0.05) is 19.8 Å². The highest BCUT2D eigenvalue weighted by atomic mass is 16.4. The Morgan fingerprint density at radius 3 is 2.53 bits per heavy atom. The van der Waals surface area contributed by atoms with Gasteiger partial charge in [-0.3, -0.25) is 4.79 Å². The molecule has 0 fully saturated rings. The monoisotopic (exact) mass is 438 g/mol. The quantitative estimate of drug-likeness (QED) is 0.568. The van der Waals surface area contributed by atoms with E-state index < -0.39 is 23.5 Å². The third kappa shape index (κ3) is 3.92. The molecule has 3 aromatic rings. The fourth-order valence-electron chi connectivity index (χ4n) is 4.68. The largest absolute Gasteiger partial charge is 0.548 e. The summed E-state index contributed by atoms with van der Waals surface area (Å²) in [5, 5.41) is 15.6. The van der Waals surface area contributed by atoms with Gasteiger partial charge in [0.2, 0.25) is 5.91 Å². The average Bonchev–Trinajstić information content (AvgIpc) is 3.14. The standard InChI is InChI=1S/C25H29NO6/c1-4-5-9-19(24(28)29)26-21(27)12-17-13(2)16-11-18-15-8-6-7-10-20(15)31-23(18)14(3)22(16)32-25(17)30/h11,19H,4-10,12H2,1-3H3,(H,26,27)(H,28,29)/p-1/t19-/m0/s1. The van der Waals surface area contributed by atoms with E-state index in [1.165, 1.54) is 5.56 Å². The molecule has 1 N–H and O–H groups in total. The molecular weight excluding hydrogens is 410 g/mol. The first-order chi connectivity index (χ1) is 15.3. The van der Waals surface area contributed by atoms with Gasteiger partial charge in [0.1, 0.15) is 16.9 Å². The number of carbonyl (C=O) groups excluding carboxylic acids is 2. The van der Waals surface area contributed by atoms with Gasteiger partial charge in [0.25, 0.3) is 0 Å². The molecule has 0 aliphatic heterocycles. The fraction of sp³-hybridized carbons (Fsp3) is 0.480. The number of hydrogen-bond donors (Lipinski definition) is 1. The second-order valence-electron chi connectivity index (χ2n) is 8.72. The van der Waals surface area contributed by atoms with Gasteiger partial charge >= 0.3 is 5.63 Å². The molecule has 0 saturated carbocycles. The Kier molecular flexibility index (Phi) is 6.09. The second-order valence-corrected chi connectivity index (χ2v) is 8.72. The van der Waals surface area contributed by atoms with E-state index in [9.17, 15) is 19.5 Å². The first-order valence-corrected chi connectivity index (χ1v) is 11.3. The molecule has 0 spiro atoms. The summed E-state index contributed by atoms with van der Waals surface area (Å²) in [5.41, 5.74) is 3.52. The van der Waals surface area contributed by atoms with Crippen molar-refractivity contribution in [3.63, 3.8) is 0 Å². The first-order valence-electron chi connectivity index (χ1n) is 11.3. The number of hydrogen-bond acceptors (Lipinski definition) is 6. The van der Waals surface area contributed by atoms with Gasteiger partial charge in [0.15, 0.2) is 0 Å². The summed E-state index contributed by atoms with van der Waals surface area (Å²) in [7, 11) is 0. The van der Waals surface area contributed by atoms with Crippen molar-refractivity contribution in [3.8, 4) is 0 Å². The van der Waals surface area contributed by atoms with Gasteiger partial charge in [0.05, 0.1) is 24.0 Å². The van der Waals surface area contributed by atoms with E-state index in [-0.39, 0.29) is 12.0 Å². The zero-order valence-corrected chi connectivity index (χ0v) is 18.8. The molecule has 7 nitrogen and oxygen atoms in total. The van der Waals surface area contributed by atoms with Gasteiger partial charge in [-0.2, -0.15) is 0 Å². The molecule has 0 radical (unpaired) electrons. The number of nitrogens with one attached hydrogen (secondary N) is 1. The Balaban J connectivity index is 1.72. The van der Waals surface area contributed by atoms with Crippen LogP contribution in [0.15, 0.2) is 19.7 Å². The number of rotatable bonds is 7. The molecule has 2 aromatic heterocycles. The summed E-state index contributed by atoms with van der Waals surface area (Å²) in [6.07, 6.45) is 5.58. The van der Waals surface area contributed by atoms with Crippen LogP contribution >= 0.6 is 0 Å². The van der Waals surface area contributed by atoms with E-state index in [1.54, 1.807) is 6.92 Å². The minimum atomic E-state index is -1.32. The zero-order chi connectivity index (χ0) is 23.0. The predicted molar refractivity (Wildman–Crippen MR) is 119 cm³/mol. The van der Waals surface area contributed by atoms with Crippen LogP contribution in [0.2, 0.25) is 0 Å². The number of fused-ring (bicyclic) bond motifs is 4. The normalized spacial score (nSPS) is 14.5. The molecular formula is C25H28NO6-. The number of unbranched alkanes of at least 4 members (excludes halogenated alkanes) is 1. The van der Waals surface area contributed by atoms with E-state index in [0.717, 1.165) is 59.8 Å². The Morgan fingerprint density at radius 1 is 1.09 bits per heavy atom. The maximum absolute atomic E-state index is 12.8. The van der Waals surface area contributed by atoms with Crippen molar-refractivity contribution in [2.45, 2.75) is 78.2 Å². The first kappa shape index (κ1) is 22.1. The van der Waals surface area contributed by atoms with Crippen LogP contribution in [0.3, 0.4) is 0 Å². The maximum Gasteiger partial charge on any atom is 0.340 e. The SMILES string of the molecule is CCCC[C@H](NC(=O)Cc1c(C)c2cc3c4c(oc3c(C)c2oc1=O)CCCC4)C(=O)[O-]. The summed E-state index contributed by atoms with van der Waals surface area (Å²) in [5.74, 6) is -0.856. The zero-order valence-electron chi connectivity index (χ0n) is 18.8. The fourth-order valence-corrected chi connectivity index (χ4v) is 4.68. The van der Waals surface area contributed by atoms with Crippen molar-refractivity contribution in [2.75, 3.05) is 0 Å². The lowest BCUT2D eigenvalue weighted by Crippen LogP contribution is -2.48. The lowest BCUT2D eigenvalue weighted by Gasteiger charge is -2.19. The van der Waals surface area contributed by atoms with Crippen LogP contribution in [0.5, 0.6) is 0 Å². The van der Waals surface area contributed by atoms with Crippen molar-refractivity contribution in [1.82, 2.24) is 5.32 Å². The minimum absolute atomic E-state index is 0.235. The highest BCUT2D eigenvalue weighted by molar-refractivity contribution is 6.00. The van der Waals surface area contributed by atoms with Gasteiger partial charge in [0, 0.05) is 28.3 Å². The summed E-state index contributed by atoms with van der Waals surface area (Å²) < 4.78 is 11.8. The predicted octanol–water partition coefficient (Wildman–Crippen LogP) is 3.00. The van der Waals surface area contributed by atoms with Crippen LogP contribution in [0.25, 0.3) is 21.9 Å². The van der Waals surface area contributed by atoms with Gasteiger partial charge in [-0.05, 0) is 51.2 Å². The average molecular weight is 439 g/mol. The summed E-state index contributed by atoms with van der Waals surface area (Å²) >= 11 is 0. The highest BCUT2D eigenvalue weighted by Gasteiger charge is 2.24. The van der Waals surface area contributed by atoms with E-state index in [4.69, 9.17) is 8.83 Å². The molecule has 1 aliphatic carbocycles. The molecule has 2 heterocycles. The molecule has 170 valence electrons. The molecule has 0 unspecified atom stereocenters. The molecule has 0 saturated heterocycles. The summed E-state index contributed by atoms with van der Waals surface area (Å²) in [6, 6.07) is 0.922. The second kappa shape index (κ2) is 8.81. The Bertz CT molecular complexity index is 1270. The third-order valence-electron chi connectivity index (χ3n) is 6.53. The number of carboxylic acids is 1. The smallest absolute Gasteiger partial charge is 0.340 e. The van der Waals surface area contributed by atoms with E-state index in [2.05, 4.69) is 5.32 Å². The lowest BCUT2D eigenvalue weighted by atomic mass is 9.93. The number of carboxylic acid groups (broad SMARTS) is 1. The molecule has 1 amide bonds. The Labute approximate surface area is 185 Å². The topological polar surface area (TPSA) is 113 Å². The number of benzene rings is 1. The van der Waals surface area contributed by atoms with Gasteiger partial charge < -0.3 is 24.1 Å². The van der Waals surface area contributed by atoms with Crippen molar-refractivity contribution in [2.24, 2.45) is 0 Å². The molecule has 1 aromatic carbocycles. The van der Waals surface area contributed by atoms with Crippen molar-refractivity contribution in [3.05, 3.63) is 44.5 Å². The number of aliphatic carboxylic acids is 1. The van der Waals surface area contributed by atoms with Crippen LogP contribution in [-0.2, 0) is 28.9 Å². The number of furan rings is 1. The van der Waals surface area contributed by atoms with E-state index >= 15 is 0 Å². The van der Waals surface area contributed by atoms with Crippen LogP contribution in [0, 0.1) is 13.8 Å². The van der Waals surface area contributed by atoms with Crippen LogP contribution in [0.4, 0.5) is 0 Å². The Morgan fingerprint density at radius 2 is 1.81 bits per heavy atom. The molecule has 32 heavy (non-hydrogen) atoms. The van der Waals surface area contributed by atoms with E-state index in [0.29, 0.717) is 24.0 Å². The molecule has 4 rings (SSSR count). The molecule has 1 atom stereocenters. The van der Waals surface area contributed by atoms with Crippen LogP contribution in [0.1, 0.15) is 67.0 Å². The number of aryl methyl sites for hydroxylation is 4. The molecule has 7 heteroatoms. The highest BCUT2D eigenvalue weighted by Crippen LogP contribution is 2.37. The maximum atomic E-state index is 12.8. The van der Waals surface area contributed by atoms with E-state index in [1.807, 2.05) is 19.9 Å². The van der Waals surface area contributed by atoms with Crippen molar-refractivity contribution >= 4 is 33.8 Å². The number of carbonyl (C=O) groups is 2. The summed E-state index contributed by atoms with van der Waals surface area (Å²) in [6.45, 7) is 5.62.